The van der Waals surface area contributed by atoms with Gasteiger partial charge in [0.2, 0.25) is 0 Å². The number of piperidine rings is 1. The second kappa shape index (κ2) is 13.0. The number of hydrogen-bond acceptors (Lipinski definition) is 7. The average Bonchev–Trinajstić information content (AvgIpc) is 2.93. The number of alkyl halides is 3. The van der Waals surface area contributed by atoms with Crippen LogP contribution in [0.3, 0.4) is 0 Å². The molecule has 0 spiro atoms. The topological polar surface area (TPSA) is 90.6 Å². The largest absolute Gasteiger partial charge is 0.405 e. The third kappa shape index (κ3) is 7.72. The molecule has 2 aliphatic heterocycles. The Morgan fingerprint density at radius 2 is 1.82 bits per heavy atom. The number of benzene rings is 1. The van der Waals surface area contributed by atoms with Crippen LogP contribution < -0.4 is 16.0 Å². The first kappa shape index (κ1) is 29.8. The van der Waals surface area contributed by atoms with Crippen molar-refractivity contribution in [1.29, 1.82) is 0 Å². The van der Waals surface area contributed by atoms with Crippen molar-refractivity contribution >= 4 is 17.5 Å². The van der Waals surface area contributed by atoms with Gasteiger partial charge in [0, 0.05) is 38.3 Å². The number of halogens is 3. The zero-order valence-corrected chi connectivity index (χ0v) is 23.4. The van der Waals surface area contributed by atoms with Crippen LogP contribution in [0.5, 0.6) is 0 Å². The van der Waals surface area contributed by atoms with E-state index in [1.807, 2.05) is 11.4 Å². The summed E-state index contributed by atoms with van der Waals surface area (Å²) in [4.78, 5) is 28.2. The summed E-state index contributed by atoms with van der Waals surface area (Å²) in [6.45, 7) is 11.7. The molecule has 2 aromatic rings. The van der Waals surface area contributed by atoms with Crippen LogP contribution in [0.25, 0.3) is 0 Å². The molecule has 1 amide bonds. The molecule has 0 saturated carbocycles. The van der Waals surface area contributed by atoms with Crippen LogP contribution >= 0.6 is 0 Å². The van der Waals surface area contributed by atoms with Crippen molar-refractivity contribution in [3.05, 3.63) is 59.4 Å². The molecular weight excluding hydrogens is 519 g/mol. The first-order chi connectivity index (χ1) is 19.0. The van der Waals surface area contributed by atoms with Crippen molar-refractivity contribution < 1.29 is 18.0 Å². The van der Waals surface area contributed by atoms with Gasteiger partial charge in [0.1, 0.15) is 6.54 Å². The van der Waals surface area contributed by atoms with Gasteiger partial charge >= 0.3 is 6.18 Å². The highest BCUT2D eigenvalue weighted by molar-refractivity contribution is 5.96. The molecule has 0 unspecified atom stereocenters. The minimum absolute atomic E-state index is 0.175. The molecule has 2 fully saturated rings. The van der Waals surface area contributed by atoms with E-state index >= 15 is 0 Å². The maximum absolute atomic E-state index is 12.5. The van der Waals surface area contributed by atoms with Gasteiger partial charge in [0.15, 0.2) is 17.3 Å². The summed E-state index contributed by atoms with van der Waals surface area (Å²) >= 11 is 0. The van der Waals surface area contributed by atoms with E-state index in [1.54, 1.807) is 6.92 Å². The summed E-state index contributed by atoms with van der Waals surface area (Å²) in [5.41, 5.74) is 8.80. The van der Waals surface area contributed by atoms with Gasteiger partial charge < -0.3 is 16.0 Å². The normalized spacial score (nSPS) is 19.5. The molecule has 3 heterocycles. The molecule has 0 bridgehead atoms. The van der Waals surface area contributed by atoms with Crippen molar-refractivity contribution in [2.75, 3.05) is 49.9 Å². The molecule has 40 heavy (non-hydrogen) atoms. The van der Waals surface area contributed by atoms with Crippen molar-refractivity contribution in [1.82, 2.24) is 25.1 Å². The molecule has 1 aromatic carbocycles. The van der Waals surface area contributed by atoms with Crippen molar-refractivity contribution in [3.8, 4) is 0 Å². The van der Waals surface area contributed by atoms with Gasteiger partial charge in [-0.3, -0.25) is 14.6 Å². The predicted octanol–water partition coefficient (Wildman–Crippen LogP) is 4.09. The summed E-state index contributed by atoms with van der Waals surface area (Å²) in [7, 11) is 0. The van der Waals surface area contributed by atoms with Gasteiger partial charge in [-0.2, -0.15) is 13.2 Å². The van der Waals surface area contributed by atoms with E-state index in [-0.39, 0.29) is 17.6 Å². The monoisotopic (exact) mass is 559 g/mol. The molecule has 3 N–H and O–H groups in total. The van der Waals surface area contributed by atoms with Gasteiger partial charge in [-0.15, -0.1) is 6.58 Å². The summed E-state index contributed by atoms with van der Waals surface area (Å²) in [5, 5.41) is 1.82. The van der Waals surface area contributed by atoms with Crippen molar-refractivity contribution in [2.45, 2.75) is 64.3 Å². The Bertz CT molecular complexity index is 1160. The summed E-state index contributed by atoms with van der Waals surface area (Å²) in [5.74, 6) is -0.591. The molecule has 0 aliphatic carbocycles. The standard InChI is InChI=1S/C29H40F3N7O/c1-4-5-6-24-18-38(27-21(3)35-25(26(33)36-27)28(40)34-19-29(30,31)32)15-16-39(24)23-11-13-37(14-12-23)17-22-9-7-20(2)8-10-22/h4,7-10,23-24H,1,5-6,11-19H2,2-3H3,(H2,33,36)(H,34,40)/t24-/m0/s1. The number of nitrogens with one attached hydrogen (secondary N) is 1. The van der Waals surface area contributed by atoms with Crippen molar-refractivity contribution in [2.24, 2.45) is 0 Å². The molecule has 11 heteroatoms. The van der Waals surface area contributed by atoms with E-state index in [1.165, 1.54) is 11.1 Å². The average molecular weight is 560 g/mol. The van der Waals surface area contributed by atoms with Crippen LogP contribution in [0.4, 0.5) is 24.8 Å². The minimum Gasteiger partial charge on any atom is -0.382 e. The number of aromatic nitrogens is 2. The van der Waals surface area contributed by atoms with Gasteiger partial charge in [-0.1, -0.05) is 35.9 Å². The lowest BCUT2D eigenvalue weighted by Crippen LogP contribution is -2.58. The number of piperazine rings is 1. The number of amides is 1. The number of nitrogens with two attached hydrogens (primary N) is 1. The Morgan fingerprint density at radius 3 is 2.48 bits per heavy atom. The molecule has 2 saturated heterocycles. The quantitative estimate of drug-likeness (QED) is 0.448. The van der Waals surface area contributed by atoms with Gasteiger partial charge in [0.05, 0.1) is 5.69 Å². The first-order valence-electron chi connectivity index (χ1n) is 13.9. The van der Waals surface area contributed by atoms with Crippen LogP contribution in [-0.2, 0) is 6.54 Å². The van der Waals surface area contributed by atoms with E-state index in [0.29, 0.717) is 17.6 Å². The van der Waals surface area contributed by atoms with Crippen LogP contribution in [0.15, 0.2) is 36.9 Å². The highest BCUT2D eigenvalue weighted by Crippen LogP contribution is 2.28. The molecule has 1 aromatic heterocycles. The van der Waals surface area contributed by atoms with Crippen LogP contribution in [-0.4, -0.2) is 83.2 Å². The number of carbonyl (C=O) groups excluding carboxylic acids is 1. The van der Waals surface area contributed by atoms with Gasteiger partial charge in [-0.05, 0) is 58.2 Å². The number of hydrogen-bond donors (Lipinski definition) is 2. The van der Waals surface area contributed by atoms with E-state index in [9.17, 15) is 18.0 Å². The van der Waals surface area contributed by atoms with Gasteiger partial charge in [-0.25, -0.2) is 9.97 Å². The minimum atomic E-state index is -4.52. The lowest BCUT2D eigenvalue weighted by Gasteiger charge is -2.48. The molecule has 0 radical (unpaired) electrons. The smallest absolute Gasteiger partial charge is 0.382 e. The first-order valence-corrected chi connectivity index (χ1v) is 13.9. The number of aryl methyl sites for hydroxylation is 2. The van der Waals surface area contributed by atoms with E-state index in [4.69, 9.17) is 5.73 Å². The molecule has 8 nitrogen and oxygen atoms in total. The number of nitrogen functional groups attached to an aromatic ring is 1. The summed E-state index contributed by atoms with van der Waals surface area (Å²) in [6, 6.07) is 9.56. The maximum atomic E-state index is 12.5. The maximum Gasteiger partial charge on any atom is 0.405 e. The lowest BCUT2D eigenvalue weighted by molar-refractivity contribution is -0.123. The highest BCUT2D eigenvalue weighted by atomic mass is 19.4. The Kier molecular flexibility index (Phi) is 9.68. The van der Waals surface area contributed by atoms with E-state index < -0.39 is 18.6 Å². The Labute approximate surface area is 234 Å². The van der Waals surface area contributed by atoms with E-state index in [0.717, 1.165) is 65.0 Å². The number of carbonyl (C=O) groups is 1. The number of allylic oxidation sites excluding steroid dienone is 1. The lowest BCUT2D eigenvalue weighted by atomic mass is 9.96. The van der Waals surface area contributed by atoms with Crippen LogP contribution in [0, 0.1) is 13.8 Å². The highest BCUT2D eigenvalue weighted by Gasteiger charge is 2.35. The summed E-state index contributed by atoms with van der Waals surface area (Å²) in [6.07, 6.45) is 1.51. The number of anilines is 2. The Balaban J connectivity index is 1.39. The molecule has 1 atom stereocenters. The summed E-state index contributed by atoms with van der Waals surface area (Å²) < 4.78 is 37.6. The number of likely N-dealkylation sites (tertiary alicyclic amines) is 1. The van der Waals surface area contributed by atoms with Gasteiger partial charge in [0.25, 0.3) is 5.91 Å². The fourth-order valence-corrected chi connectivity index (χ4v) is 5.72. The Hall–Kier alpha value is -3.18. The second-order valence-corrected chi connectivity index (χ2v) is 10.9. The fraction of sp³-hybridized carbons (Fsp3) is 0.552. The zero-order chi connectivity index (χ0) is 28.9. The third-order valence-electron chi connectivity index (χ3n) is 7.82. The van der Waals surface area contributed by atoms with Crippen molar-refractivity contribution in [3.63, 3.8) is 0 Å². The molecule has 2 aliphatic rings. The molecule has 4 rings (SSSR count). The number of rotatable bonds is 9. The molecule has 218 valence electrons. The van der Waals surface area contributed by atoms with Crippen LogP contribution in [0.2, 0.25) is 0 Å². The second-order valence-electron chi connectivity index (χ2n) is 10.9. The third-order valence-corrected chi connectivity index (χ3v) is 7.82. The Morgan fingerprint density at radius 1 is 1.12 bits per heavy atom. The van der Waals surface area contributed by atoms with Crippen LogP contribution in [0.1, 0.15) is 53.0 Å². The predicted molar refractivity (Wildman–Crippen MR) is 151 cm³/mol. The fourth-order valence-electron chi connectivity index (χ4n) is 5.72. The zero-order valence-electron chi connectivity index (χ0n) is 23.4. The SMILES string of the molecule is C=CCC[C@H]1CN(c2nc(N)c(C(=O)NCC(F)(F)F)nc2C)CCN1C1CCN(Cc2ccc(C)cc2)CC1. The number of nitrogens with zero attached hydrogens (tertiary/aromatic N) is 5. The molecular formula is C29H40F3N7O. The van der Waals surface area contributed by atoms with E-state index in [2.05, 4.69) is 62.4 Å².